The van der Waals surface area contributed by atoms with Gasteiger partial charge in [0.05, 0.1) is 11.2 Å². The van der Waals surface area contributed by atoms with E-state index in [4.69, 9.17) is 14.6 Å². The first kappa shape index (κ1) is 21.8. The number of hydrogen-bond donors (Lipinski definition) is 2. The fourth-order valence-corrected chi connectivity index (χ4v) is 4.62. The van der Waals surface area contributed by atoms with Gasteiger partial charge in [0, 0.05) is 18.2 Å². The maximum Gasteiger partial charge on any atom is 0.405 e. The third-order valence-corrected chi connectivity index (χ3v) is 6.60. The molecule has 2 heterocycles. The van der Waals surface area contributed by atoms with Gasteiger partial charge in [-0.3, -0.25) is 0 Å². The number of ether oxygens (including phenoxy) is 1. The number of nitrogens with one attached hydrogen (secondary N) is 1. The van der Waals surface area contributed by atoms with Gasteiger partial charge in [-0.2, -0.15) is 0 Å². The van der Waals surface area contributed by atoms with Crippen molar-refractivity contribution < 1.29 is 19.5 Å². The lowest BCUT2D eigenvalue weighted by molar-refractivity contribution is 0.144. The highest BCUT2D eigenvalue weighted by atomic mass is 16.6. The number of carbonyl (C=O) groups is 1. The van der Waals surface area contributed by atoms with Gasteiger partial charge >= 0.3 is 6.09 Å². The van der Waals surface area contributed by atoms with E-state index in [1.54, 1.807) is 0 Å². The SMILES string of the molecule is CON=C1COc2nc(-c3ccc(C4(NC(=O)O)CCC4)cc3)c(-c3ccccc3)cc2N1C. The highest BCUT2D eigenvalue weighted by Crippen LogP contribution is 2.43. The minimum Gasteiger partial charge on any atom is -0.468 e. The zero-order valence-corrected chi connectivity index (χ0v) is 19.1. The summed E-state index contributed by atoms with van der Waals surface area (Å²) in [5.41, 5.74) is 5.00. The lowest BCUT2D eigenvalue weighted by atomic mass is 9.71. The molecule has 1 aromatic heterocycles. The number of nitrogens with zero attached hydrogens (tertiary/aromatic N) is 3. The van der Waals surface area contributed by atoms with Crippen LogP contribution in [0, 0.1) is 0 Å². The van der Waals surface area contributed by atoms with Gasteiger partial charge in [0.1, 0.15) is 12.8 Å². The first-order valence-corrected chi connectivity index (χ1v) is 11.2. The third-order valence-electron chi connectivity index (χ3n) is 6.60. The van der Waals surface area contributed by atoms with E-state index >= 15 is 0 Å². The summed E-state index contributed by atoms with van der Waals surface area (Å²) < 4.78 is 5.92. The van der Waals surface area contributed by atoms with Crippen LogP contribution < -0.4 is 15.0 Å². The van der Waals surface area contributed by atoms with Crippen LogP contribution >= 0.6 is 0 Å². The van der Waals surface area contributed by atoms with Crippen molar-refractivity contribution in [3.63, 3.8) is 0 Å². The second-order valence-electron chi connectivity index (χ2n) is 8.56. The Morgan fingerprint density at radius 3 is 2.50 bits per heavy atom. The van der Waals surface area contributed by atoms with Crippen LogP contribution in [0.5, 0.6) is 5.88 Å². The average molecular weight is 459 g/mol. The van der Waals surface area contributed by atoms with E-state index in [1.807, 2.05) is 54.4 Å². The van der Waals surface area contributed by atoms with Crippen molar-refractivity contribution in [2.75, 3.05) is 25.7 Å². The normalized spacial score (nSPS) is 17.4. The summed E-state index contributed by atoms with van der Waals surface area (Å²) in [4.78, 5) is 23.1. The molecule has 0 unspecified atom stereocenters. The monoisotopic (exact) mass is 458 g/mol. The second kappa shape index (κ2) is 8.70. The zero-order valence-electron chi connectivity index (χ0n) is 19.1. The number of amidine groups is 1. The van der Waals surface area contributed by atoms with E-state index in [0.29, 0.717) is 11.7 Å². The standard InChI is InChI=1S/C26H26N4O4/c1-30-21-15-20(17-7-4-3-5-8-17)23(27-24(21)34-16-22(30)29-33-2)18-9-11-19(12-10-18)26(13-6-14-26)28-25(31)32/h3-5,7-12,15,28H,6,13-14,16H2,1-2H3,(H,31,32). The van der Waals surface area contributed by atoms with Crippen molar-refractivity contribution in [3.05, 3.63) is 66.2 Å². The Hall–Kier alpha value is -4.07. The van der Waals surface area contributed by atoms with Gasteiger partial charge in [-0.25, -0.2) is 9.78 Å². The van der Waals surface area contributed by atoms with E-state index in [0.717, 1.165) is 52.9 Å². The lowest BCUT2D eigenvalue weighted by Crippen LogP contribution is -2.50. The number of carboxylic acid groups (broad SMARTS) is 1. The topological polar surface area (TPSA) is 96.3 Å². The number of likely N-dealkylation sites (N-methyl/N-ethyl adjacent to an activating group) is 1. The first-order chi connectivity index (χ1) is 16.5. The van der Waals surface area contributed by atoms with Gasteiger partial charge in [0.2, 0.25) is 5.88 Å². The Labute approximate surface area is 197 Å². The summed E-state index contributed by atoms with van der Waals surface area (Å²) in [6.07, 6.45) is 1.61. The van der Waals surface area contributed by atoms with Crippen molar-refractivity contribution in [2.45, 2.75) is 24.8 Å². The van der Waals surface area contributed by atoms with Gasteiger partial charge in [0.25, 0.3) is 0 Å². The van der Waals surface area contributed by atoms with Crippen molar-refractivity contribution in [1.82, 2.24) is 10.3 Å². The molecule has 8 heteroatoms. The molecule has 1 fully saturated rings. The van der Waals surface area contributed by atoms with E-state index in [1.165, 1.54) is 7.11 Å². The molecule has 2 aliphatic rings. The van der Waals surface area contributed by atoms with Crippen LogP contribution in [0.4, 0.5) is 10.5 Å². The molecular weight excluding hydrogens is 432 g/mol. The van der Waals surface area contributed by atoms with Gasteiger partial charge in [-0.1, -0.05) is 59.8 Å². The number of rotatable bonds is 5. The molecule has 3 aromatic rings. The first-order valence-electron chi connectivity index (χ1n) is 11.2. The highest BCUT2D eigenvalue weighted by molar-refractivity contribution is 6.02. The molecule has 1 aliphatic heterocycles. The number of anilines is 1. The van der Waals surface area contributed by atoms with E-state index < -0.39 is 11.6 Å². The van der Waals surface area contributed by atoms with Crippen molar-refractivity contribution >= 4 is 17.6 Å². The van der Waals surface area contributed by atoms with Gasteiger partial charge in [-0.05, 0) is 36.5 Å². The van der Waals surface area contributed by atoms with Crippen molar-refractivity contribution in [1.29, 1.82) is 0 Å². The van der Waals surface area contributed by atoms with Crippen LogP contribution in [0.3, 0.4) is 0 Å². The van der Waals surface area contributed by atoms with Crippen molar-refractivity contribution in [3.8, 4) is 28.3 Å². The maximum atomic E-state index is 11.3. The summed E-state index contributed by atoms with van der Waals surface area (Å²) >= 11 is 0. The number of oxime groups is 1. The lowest BCUT2D eigenvalue weighted by Gasteiger charge is -2.42. The molecule has 1 aliphatic carbocycles. The molecule has 2 N–H and O–H groups in total. The molecule has 1 saturated carbocycles. The molecule has 5 rings (SSSR count). The maximum absolute atomic E-state index is 11.3. The Kier molecular flexibility index (Phi) is 5.57. The molecular formula is C26H26N4O4. The predicted octanol–water partition coefficient (Wildman–Crippen LogP) is 4.85. The van der Waals surface area contributed by atoms with E-state index in [-0.39, 0.29) is 6.61 Å². The minimum atomic E-state index is -0.996. The molecule has 0 atom stereocenters. The Balaban J connectivity index is 1.59. The summed E-state index contributed by atoms with van der Waals surface area (Å²) in [5.74, 6) is 1.18. The summed E-state index contributed by atoms with van der Waals surface area (Å²) in [7, 11) is 3.42. The quantitative estimate of drug-likeness (QED) is 0.531. The molecule has 0 radical (unpaired) electrons. The fourth-order valence-electron chi connectivity index (χ4n) is 4.62. The Morgan fingerprint density at radius 1 is 1.15 bits per heavy atom. The summed E-state index contributed by atoms with van der Waals surface area (Å²) in [6, 6.07) is 20.1. The van der Waals surface area contributed by atoms with Crippen molar-refractivity contribution in [2.24, 2.45) is 5.16 Å². The molecule has 34 heavy (non-hydrogen) atoms. The largest absolute Gasteiger partial charge is 0.468 e. The van der Waals surface area contributed by atoms with Gasteiger partial charge < -0.3 is 24.9 Å². The third kappa shape index (κ3) is 3.81. The summed E-state index contributed by atoms with van der Waals surface area (Å²) in [6.45, 7) is 0.261. The second-order valence-corrected chi connectivity index (χ2v) is 8.56. The molecule has 8 nitrogen and oxygen atoms in total. The predicted molar refractivity (Wildman–Crippen MR) is 130 cm³/mol. The Bertz CT molecular complexity index is 1240. The number of amides is 1. The molecule has 174 valence electrons. The van der Waals surface area contributed by atoms with Crippen LogP contribution in [0.15, 0.2) is 65.8 Å². The molecule has 0 saturated heterocycles. The van der Waals surface area contributed by atoms with E-state index in [9.17, 15) is 9.90 Å². The number of hydrogen-bond acceptors (Lipinski definition) is 5. The highest BCUT2D eigenvalue weighted by Gasteiger charge is 2.40. The van der Waals surface area contributed by atoms with Crippen LogP contribution in [0.1, 0.15) is 24.8 Å². The van der Waals surface area contributed by atoms with Crippen LogP contribution in [0.2, 0.25) is 0 Å². The number of aromatic nitrogens is 1. The van der Waals surface area contributed by atoms with Crippen LogP contribution in [-0.4, -0.2) is 42.8 Å². The fraction of sp³-hybridized carbons (Fsp3) is 0.269. The Morgan fingerprint density at radius 2 is 1.88 bits per heavy atom. The smallest absolute Gasteiger partial charge is 0.405 e. The zero-order chi connectivity index (χ0) is 23.7. The van der Waals surface area contributed by atoms with Gasteiger partial charge in [0.15, 0.2) is 12.4 Å². The van der Waals surface area contributed by atoms with Crippen LogP contribution in [-0.2, 0) is 10.4 Å². The van der Waals surface area contributed by atoms with Crippen LogP contribution in [0.25, 0.3) is 22.4 Å². The number of benzene rings is 2. The molecule has 0 spiro atoms. The summed E-state index contributed by atoms with van der Waals surface area (Å²) in [5, 5.41) is 16.1. The minimum absolute atomic E-state index is 0.261. The number of fused-ring (bicyclic) bond motifs is 1. The number of pyridine rings is 1. The molecule has 1 amide bonds. The average Bonchev–Trinajstić information content (AvgIpc) is 2.83. The molecule has 0 bridgehead atoms. The molecule has 2 aromatic carbocycles. The van der Waals surface area contributed by atoms with Gasteiger partial charge in [-0.15, -0.1) is 0 Å². The van der Waals surface area contributed by atoms with E-state index in [2.05, 4.69) is 28.7 Å².